The van der Waals surface area contributed by atoms with E-state index in [9.17, 15) is 4.79 Å². The van der Waals surface area contributed by atoms with Crippen LogP contribution in [0.5, 0.6) is 0 Å². The maximum absolute atomic E-state index is 11.0. The molecule has 0 bridgehead atoms. The number of rotatable bonds is 4. The van der Waals surface area contributed by atoms with Gasteiger partial charge in [-0.2, -0.15) is 0 Å². The lowest BCUT2D eigenvalue weighted by molar-refractivity contribution is 0.112. The van der Waals surface area contributed by atoms with E-state index in [2.05, 4.69) is 5.32 Å². The fourth-order valence-electron chi connectivity index (χ4n) is 2.21. The Hall–Kier alpha value is -2.01. The van der Waals surface area contributed by atoms with E-state index in [1.165, 1.54) is 11.3 Å². The summed E-state index contributed by atoms with van der Waals surface area (Å²) in [5, 5.41) is 5.99. The van der Waals surface area contributed by atoms with Crippen LogP contribution in [0.2, 0.25) is 10.0 Å². The molecule has 3 nitrogen and oxygen atoms in total. The number of hydrogen-bond donors (Lipinski definition) is 2. The highest BCUT2D eigenvalue weighted by Gasteiger charge is 2.15. The van der Waals surface area contributed by atoms with Crippen LogP contribution in [-0.4, -0.2) is 6.29 Å². The number of para-hydroxylation sites is 2. The zero-order chi connectivity index (χ0) is 16.4. The van der Waals surface area contributed by atoms with Gasteiger partial charge in [0.05, 0.1) is 32.0 Å². The summed E-state index contributed by atoms with van der Waals surface area (Å²) in [6.45, 7) is 0. The van der Waals surface area contributed by atoms with Gasteiger partial charge in [0.15, 0.2) is 6.29 Å². The Bertz CT molecular complexity index is 877. The normalized spacial score (nSPS) is 10.5. The second-order valence-electron chi connectivity index (χ2n) is 4.82. The van der Waals surface area contributed by atoms with Gasteiger partial charge >= 0.3 is 0 Å². The van der Waals surface area contributed by atoms with Crippen molar-refractivity contribution in [2.45, 2.75) is 0 Å². The van der Waals surface area contributed by atoms with Gasteiger partial charge in [-0.1, -0.05) is 47.5 Å². The lowest BCUT2D eigenvalue weighted by atomic mass is 10.1. The van der Waals surface area contributed by atoms with E-state index in [0.717, 1.165) is 28.8 Å². The fourth-order valence-corrected chi connectivity index (χ4v) is 3.65. The molecule has 116 valence electrons. The third-order valence-electron chi connectivity index (χ3n) is 3.38. The Morgan fingerprint density at radius 1 is 0.957 bits per heavy atom. The summed E-state index contributed by atoms with van der Waals surface area (Å²) in [5.41, 5.74) is 9.58. The topological polar surface area (TPSA) is 55.1 Å². The lowest BCUT2D eigenvalue weighted by Crippen LogP contribution is -1.97. The van der Waals surface area contributed by atoms with E-state index in [4.69, 9.17) is 28.9 Å². The molecule has 0 spiro atoms. The Morgan fingerprint density at radius 2 is 1.70 bits per heavy atom. The van der Waals surface area contributed by atoms with Crippen molar-refractivity contribution in [3.8, 4) is 11.1 Å². The van der Waals surface area contributed by atoms with Gasteiger partial charge in [-0.05, 0) is 18.2 Å². The number of benzene rings is 2. The Balaban J connectivity index is 2.03. The van der Waals surface area contributed by atoms with Gasteiger partial charge in [0.2, 0.25) is 0 Å². The molecule has 0 aliphatic rings. The van der Waals surface area contributed by atoms with Crippen molar-refractivity contribution >= 4 is 57.9 Å². The zero-order valence-electron chi connectivity index (χ0n) is 11.8. The Kier molecular flexibility index (Phi) is 4.57. The van der Waals surface area contributed by atoms with Crippen LogP contribution in [0.3, 0.4) is 0 Å². The Labute approximate surface area is 147 Å². The summed E-state index contributed by atoms with van der Waals surface area (Å²) in [4.78, 5) is 11.5. The smallest absolute Gasteiger partial charge is 0.161 e. The van der Waals surface area contributed by atoms with E-state index in [-0.39, 0.29) is 0 Å². The standard InChI is InChI=1S/C17H12Cl2N2OS/c18-16-10(11-9-23-15(8-22)17(11)19)4-3-7-14(16)21-13-6-2-1-5-12(13)20/h1-9,21H,20H2. The quantitative estimate of drug-likeness (QED) is 0.451. The molecule has 0 atom stereocenters. The maximum Gasteiger partial charge on any atom is 0.161 e. The van der Waals surface area contributed by atoms with Crippen LogP contribution in [0.1, 0.15) is 9.67 Å². The van der Waals surface area contributed by atoms with Crippen LogP contribution in [-0.2, 0) is 0 Å². The summed E-state index contributed by atoms with van der Waals surface area (Å²) in [7, 11) is 0. The number of nitrogens with one attached hydrogen (secondary N) is 1. The zero-order valence-corrected chi connectivity index (χ0v) is 14.2. The molecule has 23 heavy (non-hydrogen) atoms. The molecule has 0 unspecified atom stereocenters. The fraction of sp³-hybridized carbons (Fsp3) is 0. The first-order chi connectivity index (χ1) is 11.1. The largest absolute Gasteiger partial charge is 0.397 e. The van der Waals surface area contributed by atoms with Gasteiger partial charge < -0.3 is 11.1 Å². The monoisotopic (exact) mass is 362 g/mol. The summed E-state index contributed by atoms with van der Waals surface area (Å²) < 4.78 is 0. The highest BCUT2D eigenvalue weighted by molar-refractivity contribution is 7.13. The molecule has 0 saturated carbocycles. The molecule has 1 aromatic heterocycles. The minimum absolute atomic E-state index is 0.420. The first-order valence-electron chi connectivity index (χ1n) is 6.74. The second kappa shape index (κ2) is 6.62. The lowest BCUT2D eigenvalue weighted by Gasteiger charge is -2.13. The number of halogens is 2. The first-order valence-corrected chi connectivity index (χ1v) is 8.38. The number of carbonyl (C=O) groups excluding carboxylic acids is 1. The highest BCUT2D eigenvalue weighted by atomic mass is 35.5. The highest BCUT2D eigenvalue weighted by Crippen LogP contribution is 2.41. The predicted molar refractivity (Wildman–Crippen MR) is 99.3 cm³/mol. The molecule has 2 aromatic carbocycles. The van der Waals surface area contributed by atoms with Crippen molar-refractivity contribution in [3.05, 3.63) is 62.8 Å². The minimum atomic E-state index is 0.420. The number of aldehydes is 1. The van der Waals surface area contributed by atoms with Crippen LogP contribution in [0.25, 0.3) is 11.1 Å². The molecule has 3 N–H and O–H groups in total. The molecule has 6 heteroatoms. The van der Waals surface area contributed by atoms with Crippen molar-refractivity contribution in [2.24, 2.45) is 0 Å². The molecule has 0 saturated heterocycles. The number of thiophene rings is 1. The third-order valence-corrected chi connectivity index (χ3v) is 5.22. The van der Waals surface area contributed by atoms with Crippen LogP contribution < -0.4 is 11.1 Å². The number of anilines is 3. The molecule has 0 aliphatic carbocycles. The van der Waals surface area contributed by atoms with Crippen molar-refractivity contribution in [1.29, 1.82) is 0 Å². The number of hydrogen-bond acceptors (Lipinski definition) is 4. The van der Waals surface area contributed by atoms with Crippen molar-refractivity contribution in [1.82, 2.24) is 0 Å². The van der Waals surface area contributed by atoms with Gasteiger partial charge in [-0.3, -0.25) is 4.79 Å². The van der Waals surface area contributed by atoms with Crippen LogP contribution >= 0.6 is 34.5 Å². The van der Waals surface area contributed by atoms with E-state index in [0.29, 0.717) is 20.6 Å². The van der Waals surface area contributed by atoms with Crippen molar-refractivity contribution in [3.63, 3.8) is 0 Å². The first kappa shape index (κ1) is 15.9. The van der Waals surface area contributed by atoms with Gasteiger partial charge in [0, 0.05) is 16.5 Å². The number of carbonyl (C=O) groups is 1. The van der Waals surface area contributed by atoms with Crippen molar-refractivity contribution in [2.75, 3.05) is 11.1 Å². The molecule has 3 aromatic rings. The summed E-state index contributed by atoms with van der Waals surface area (Å²) in [6.07, 6.45) is 0.747. The third kappa shape index (κ3) is 3.06. The molecule has 0 amide bonds. The van der Waals surface area contributed by atoms with Gasteiger partial charge in [-0.15, -0.1) is 11.3 Å². The van der Waals surface area contributed by atoms with Crippen LogP contribution in [0.15, 0.2) is 47.8 Å². The molecule has 0 fully saturated rings. The molecular weight excluding hydrogens is 351 g/mol. The van der Waals surface area contributed by atoms with Gasteiger partial charge in [0.25, 0.3) is 0 Å². The second-order valence-corrected chi connectivity index (χ2v) is 6.49. The average Bonchev–Trinajstić information content (AvgIpc) is 2.92. The molecule has 0 radical (unpaired) electrons. The minimum Gasteiger partial charge on any atom is -0.397 e. The number of nitrogen functional groups attached to an aromatic ring is 1. The summed E-state index contributed by atoms with van der Waals surface area (Å²) >= 11 is 14.1. The molecule has 0 aliphatic heterocycles. The van der Waals surface area contributed by atoms with Gasteiger partial charge in [0.1, 0.15) is 0 Å². The van der Waals surface area contributed by atoms with E-state index < -0.39 is 0 Å². The Morgan fingerprint density at radius 3 is 2.39 bits per heavy atom. The predicted octanol–water partition coefficient (Wildman–Crippen LogP) is 5.86. The van der Waals surface area contributed by atoms with E-state index in [1.54, 1.807) is 0 Å². The number of nitrogens with two attached hydrogens (primary N) is 1. The SMILES string of the molecule is Nc1ccccc1Nc1cccc(-c2csc(C=O)c2Cl)c1Cl. The molecule has 1 heterocycles. The van der Waals surface area contributed by atoms with E-state index >= 15 is 0 Å². The molecule has 3 rings (SSSR count). The molecular formula is C17H12Cl2N2OS. The average molecular weight is 363 g/mol. The summed E-state index contributed by atoms with van der Waals surface area (Å²) in [5.74, 6) is 0. The van der Waals surface area contributed by atoms with Crippen LogP contribution in [0, 0.1) is 0 Å². The summed E-state index contributed by atoms with van der Waals surface area (Å²) in [6, 6.07) is 13.0. The maximum atomic E-state index is 11.0. The van der Waals surface area contributed by atoms with Crippen LogP contribution in [0.4, 0.5) is 17.1 Å². The van der Waals surface area contributed by atoms with E-state index in [1.807, 2.05) is 47.8 Å². The van der Waals surface area contributed by atoms with Gasteiger partial charge in [-0.25, -0.2) is 0 Å². The van der Waals surface area contributed by atoms with Crippen molar-refractivity contribution < 1.29 is 4.79 Å².